The first-order chi connectivity index (χ1) is 26.4. The van der Waals surface area contributed by atoms with Gasteiger partial charge in [0.15, 0.2) is 10.6 Å². The van der Waals surface area contributed by atoms with Crippen molar-refractivity contribution in [1.29, 1.82) is 0 Å². The number of thioether (sulfide) groups is 1. The molecule has 3 N–H and O–H groups in total. The third kappa shape index (κ3) is 9.36. The molecule has 0 spiro atoms. The maximum absolute atomic E-state index is 13.0. The number of para-hydroxylation sites is 1. The van der Waals surface area contributed by atoms with Crippen LogP contribution in [0.25, 0.3) is 21.3 Å². The minimum atomic E-state index is -0.824. The van der Waals surface area contributed by atoms with Gasteiger partial charge in [-0.15, -0.1) is 11.3 Å². The number of thiazole rings is 1. The number of aromatic nitrogens is 1. The molecule has 7 rings (SSSR count). The average molecular weight is 760 g/mol. The number of esters is 1. The Kier molecular flexibility index (Phi) is 12.3. The predicted molar refractivity (Wildman–Crippen MR) is 212 cm³/mol. The summed E-state index contributed by atoms with van der Waals surface area (Å²) in [5.74, 6) is 0.216. The van der Waals surface area contributed by atoms with Crippen LogP contribution < -0.4 is 10.6 Å². The second-order valence-corrected chi connectivity index (χ2v) is 15.3. The van der Waals surface area contributed by atoms with Crippen LogP contribution in [-0.4, -0.2) is 47.1 Å². The number of ether oxygens (including phenoxy) is 3. The van der Waals surface area contributed by atoms with Crippen molar-refractivity contribution in [2.24, 2.45) is 0 Å². The molecule has 4 atom stereocenters. The van der Waals surface area contributed by atoms with E-state index in [4.69, 9.17) is 19.2 Å². The number of nitrogens with one attached hydrogen (secondary N) is 2. The van der Waals surface area contributed by atoms with Crippen LogP contribution in [-0.2, 0) is 38.6 Å². The molecule has 6 aromatic rings. The molecule has 5 aromatic carbocycles. The Hall–Kier alpha value is -5.04. The molecule has 276 valence electrons. The molecule has 0 bridgehead atoms. The molecule has 1 aromatic heterocycles. The van der Waals surface area contributed by atoms with E-state index in [9.17, 15) is 14.7 Å². The van der Waals surface area contributed by atoms with E-state index in [2.05, 4.69) is 16.7 Å². The molecule has 0 saturated carbocycles. The molecule has 1 aliphatic heterocycles. The summed E-state index contributed by atoms with van der Waals surface area (Å²) in [6.07, 6.45) is 0.132. The molecule has 0 unspecified atom stereocenters. The maximum atomic E-state index is 13.0. The van der Waals surface area contributed by atoms with E-state index in [1.807, 2.05) is 121 Å². The Morgan fingerprint density at radius 1 is 0.870 bits per heavy atom. The summed E-state index contributed by atoms with van der Waals surface area (Å²) in [6.45, 7) is 0.241. The van der Waals surface area contributed by atoms with Crippen molar-refractivity contribution in [3.05, 3.63) is 155 Å². The number of methoxy groups -OCH3 is 1. The number of hydrogen-bond acceptors (Lipinski definition) is 9. The van der Waals surface area contributed by atoms with Gasteiger partial charge in [-0.1, -0.05) is 127 Å². The number of rotatable bonds is 13. The SMILES string of the molecule is COC(=O)[C@H](Cc1ccccc1)NC(=O)NCc1ccccc1-c1ccc([C@@H]2O[C@H](CSc3nc4ccccc4s3)C[C@H](c3ccc(CO)cc3)O2)cc1. The molecule has 0 radical (unpaired) electrons. The Labute approximate surface area is 322 Å². The minimum Gasteiger partial charge on any atom is -0.467 e. The molecule has 11 heteroatoms. The van der Waals surface area contributed by atoms with Gasteiger partial charge in [0.2, 0.25) is 0 Å². The average Bonchev–Trinajstić information content (AvgIpc) is 3.65. The normalized spacial score (nSPS) is 17.5. The number of aliphatic hydroxyl groups excluding tert-OH is 1. The number of amides is 2. The fourth-order valence-corrected chi connectivity index (χ4v) is 8.56. The van der Waals surface area contributed by atoms with Crippen LogP contribution in [0, 0.1) is 0 Å². The number of fused-ring (bicyclic) bond motifs is 1. The first-order valence-electron chi connectivity index (χ1n) is 17.8. The Bertz CT molecular complexity index is 2130. The summed E-state index contributed by atoms with van der Waals surface area (Å²) in [6, 6.07) is 40.3. The molecular weight excluding hydrogens is 719 g/mol. The van der Waals surface area contributed by atoms with Gasteiger partial charge in [0.25, 0.3) is 0 Å². The van der Waals surface area contributed by atoms with Gasteiger partial charge in [-0.2, -0.15) is 0 Å². The summed E-state index contributed by atoms with van der Waals surface area (Å²) in [4.78, 5) is 30.3. The summed E-state index contributed by atoms with van der Waals surface area (Å²) in [5, 5.41) is 15.3. The highest BCUT2D eigenvalue weighted by Crippen LogP contribution is 2.41. The number of aliphatic hydroxyl groups is 1. The zero-order valence-electron chi connectivity index (χ0n) is 29.7. The highest BCUT2D eigenvalue weighted by molar-refractivity contribution is 8.01. The summed E-state index contributed by atoms with van der Waals surface area (Å²) in [5.41, 5.74) is 7.57. The van der Waals surface area contributed by atoms with E-state index >= 15 is 0 Å². The number of urea groups is 1. The predicted octanol–water partition coefficient (Wildman–Crippen LogP) is 8.38. The molecule has 1 saturated heterocycles. The monoisotopic (exact) mass is 759 g/mol. The van der Waals surface area contributed by atoms with Crippen LogP contribution >= 0.6 is 23.1 Å². The van der Waals surface area contributed by atoms with Crippen LogP contribution in [0.1, 0.15) is 46.6 Å². The number of nitrogens with zero attached hydrogens (tertiary/aromatic N) is 1. The van der Waals surface area contributed by atoms with E-state index in [0.717, 1.165) is 54.6 Å². The molecular formula is C43H41N3O6S2. The second-order valence-electron chi connectivity index (χ2n) is 13.0. The fourth-order valence-electron chi connectivity index (χ4n) is 6.45. The fraction of sp³-hybridized carbons (Fsp3) is 0.233. The lowest BCUT2D eigenvalue weighted by molar-refractivity contribution is -0.245. The molecule has 1 fully saturated rings. The molecule has 0 aliphatic carbocycles. The van der Waals surface area contributed by atoms with Crippen molar-refractivity contribution in [1.82, 2.24) is 15.6 Å². The number of carbonyl (C=O) groups excluding carboxylic acids is 2. The highest BCUT2D eigenvalue weighted by atomic mass is 32.2. The van der Waals surface area contributed by atoms with Gasteiger partial charge >= 0.3 is 12.0 Å². The van der Waals surface area contributed by atoms with Crippen LogP contribution in [0.4, 0.5) is 4.79 Å². The molecule has 1 aliphatic rings. The first-order valence-corrected chi connectivity index (χ1v) is 19.6. The number of hydrogen-bond donors (Lipinski definition) is 3. The Balaban J connectivity index is 1.03. The lowest BCUT2D eigenvalue weighted by Crippen LogP contribution is -2.47. The minimum absolute atomic E-state index is 0.0116. The maximum Gasteiger partial charge on any atom is 0.328 e. The highest BCUT2D eigenvalue weighted by Gasteiger charge is 2.32. The van der Waals surface area contributed by atoms with Gasteiger partial charge in [0, 0.05) is 30.7 Å². The van der Waals surface area contributed by atoms with Crippen molar-refractivity contribution in [3.8, 4) is 11.1 Å². The Morgan fingerprint density at radius 3 is 2.35 bits per heavy atom. The van der Waals surface area contributed by atoms with E-state index in [1.54, 1.807) is 23.1 Å². The lowest BCUT2D eigenvalue weighted by Gasteiger charge is -2.36. The third-order valence-corrected chi connectivity index (χ3v) is 11.6. The van der Waals surface area contributed by atoms with E-state index < -0.39 is 24.3 Å². The molecule has 54 heavy (non-hydrogen) atoms. The van der Waals surface area contributed by atoms with E-state index in [-0.39, 0.29) is 25.4 Å². The smallest absolute Gasteiger partial charge is 0.328 e. The van der Waals surface area contributed by atoms with E-state index in [1.165, 1.54) is 11.8 Å². The topological polar surface area (TPSA) is 119 Å². The standard InChI is InChI=1S/C43H41N3O6S2/c1-50-40(48)37(23-28-9-3-2-4-10-28)45-42(49)44-25-33-11-5-6-12-35(33)30-19-21-32(22-20-30)41-51-34(24-38(52-41)31-17-15-29(26-47)16-18-31)27-53-43-46-36-13-7-8-14-39(36)54-43/h2-22,34,37-38,41,47H,23-27H2,1H3,(H2,44,45,49)/t34-,37-,38+,41+/m0/s1. The molecule has 2 heterocycles. The quantitative estimate of drug-likeness (QED) is 0.0794. The lowest BCUT2D eigenvalue weighted by atomic mass is 9.98. The second kappa shape index (κ2) is 17.9. The summed E-state index contributed by atoms with van der Waals surface area (Å²) in [7, 11) is 1.31. The van der Waals surface area contributed by atoms with Gasteiger partial charge in [-0.05, 0) is 45.5 Å². The number of carbonyl (C=O) groups is 2. The van der Waals surface area contributed by atoms with Gasteiger partial charge in [-0.25, -0.2) is 14.6 Å². The van der Waals surface area contributed by atoms with Crippen LogP contribution in [0.2, 0.25) is 0 Å². The van der Waals surface area contributed by atoms with Gasteiger partial charge < -0.3 is 30.0 Å². The summed E-state index contributed by atoms with van der Waals surface area (Å²) >= 11 is 3.39. The molecule has 9 nitrogen and oxygen atoms in total. The first kappa shape index (κ1) is 37.3. The van der Waals surface area contributed by atoms with Crippen molar-refractivity contribution in [3.63, 3.8) is 0 Å². The van der Waals surface area contributed by atoms with Crippen molar-refractivity contribution >= 4 is 45.3 Å². The molecule has 2 amide bonds. The van der Waals surface area contributed by atoms with Gasteiger partial charge in [0.05, 0.1) is 36.1 Å². The van der Waals surface area contributed by atoms with Crippen molar-refractivity contribution in [2.45, 2.75) is 54.9 Å². The van der Waals surface area contributed by atoms with Gasteiger partial charge in [-0.3, -0.25) is 0 Å². The zero-order chi connectivity index (χ0) is 37.3. The summed E-state index contributed by atoms with van der Waals surface area (Å²) < 4.78 is 20.3. The van der Waals surface area contributed by atoms with Crippen LogP contribution in [0.15, 0.2) is 132 Å². The Morgan fingerprint density at radius 2 is 1.59 bits per heavy atom. The number of benzene rings is 5. The zero-order valence-corrected chi connectivity index (χ0v) is 31.4. The van der Waals surface area contributed by atoms with Crippen LogP contribution in [0.5, 0.6) is 0 Å². The van der Waals surface area contributed by atoms with Crippen molar-refractivity contribution in [2.75, 3.05) is 12.9 Å². The van der Waals surface area contributed by atoms with Gasteiger partial charge in [0.1, 0.15) is 6.04 Å². The third-order valence-electron chi connectivity index (χ3n) is 9.31. The largest absolute Gasteiger partial charge is 0.467 e. The van der Waals surface area contributed by atoms with E-state index in [0.29, 0.717) is 12.8 Å². The van der Waals surface area contributed by atoms with Crippen molar-refractivity contribution < 1.29 is 28.9 Å². The van der Waals surface area contributed by atoms with Crippen LogP contribution in [0.3, 0.4) is 0 Å².